The van der Waals surface area contributed by atoms with E-state index in [0.29, 0.717) is 16.6 Å². The van der Waals surface area contributed by atoms with E-state index < -0.39 is 0 Å². The Kier molecular flexibility index (Phi) is 4.38. The molecule has 0 unspecified atom stereocenters. The fourth-order valence-electron chi connectivity index (χ4n) is 1.53. The normalized spacial score (nSPS) is 11.1. The van der Waals surface area contributed by atoms with Crippen molar-refractivity contribution in [3.63, 3.8) is 0 Å². The Balaban J connectivity index is 2.04. The Hall–Kier alpha value is -1.33. The number of halogens is 1. The summed E-state index contributed by atoms with van der Waals surface area (Å²) in [7, 11) is 0. The lowest BCUT2D eigenvalue weighted by Crippen LogP contribution is -2.18. The van der Waals surface area contributed by atoms with Crippen LogP contribution >= 0.6 is 11.3 Å². The van der Waals surface area contributed by atoms with Gasteiger partial charge in [0, 0.05) is 23.8 Å². The highest BCUT2D eigenvalue weighted by atomic mass is 32.1. The quantitative estimate of drug-likeness (QED) is 0.902. The van der Waals surface area contributed by atoms with Crippen LogP contribution in [0, 0.1) is 11.7 Å². The number of hydrogen-bond acceptors (Lipinski definition) is 4. The summed E-state index contributed by atoms with van der Waals surface area (Å²) in [6.45, 7) is 6.05. The fraction of sp³-hybridized carbons (Fsp3) is 0.385. The number of nitrogens with one attached hydrogen (secondary N) is 1. The van der Waals surface area contributed by atoms with Gasteiger partial charge < -0.3 is 5.32 Å². The number of pyridine rings is 1. The van der Waals surface area contributed by atoms with Crippen LogP contribution in [0.25, 0.3) is 10.7 Å². The summed E-state index contributed by atoms with van der Waals surface area (Å²) in [6, 6.07) is 2.98. The van der Waals surface area contributed by atoms with Gasteiger partial charge in [-0.1, -0.05) is 13.8 Å². The zero-order valence-corrected chi connectivity index (χ0v) is 11.3. The van der Waals surface area contributed by atoms with Crippen LogP contribution in [0.4, 0.5) is 4.39 Å². The lowest BCUT2D eigenvalue weighted by Gasteiger charge is -2.04. The molecule has 2 aromatic rings. The summed E-state index contributed by atoms with van der Waals surface area (Å²) in [4.78, 5) is 9.34. The highest BCUT2D eigenvalue weighted by Crippen LogP contribution is 2.25. The van der Waals surface area contributed by atoms with Crippen LogP contribution < -0.4 is 5.32 Å². The molecule has 0 amide bonds. The van der Waals surface area contributed by atoms with Gasteiger partial charge in [-0.2, -0.15) is 0 Å². The molecule has 2 heterocycles. The maximum atomic E-state index is 13.5. The number of aromatic nitrogens is 2. The third-order valence-corrected chi connectivity index (χ3v) is 3.37. The lowest BCUT2D eigenvalue weighted by molar-refractivity contribution is 0.554. The largest absolute Gasteiger partial charge is 0.312 e. The summed E-state index contributed by atoms with van der Waals surface area (Å²) in [5.74, 6) is 0.291. The Labute approximate surface area is 110 Å². The van der Waals surface area contributed by atoms with E-state index in [-0.39, 0.29) is 5.82 Å². The van der Waals surface area contributed by atoms with Crippen molar-refractivity contribution in [3.8, 4) is 10.7 Å². The van der Waals surface area contributed by atoms with Crippen molar-refractivity contribution in [2.45, 2.75) is 20.4 Å². The van der Waals surface area contributed by atoms with Crippen molar-refractivity contribution >= 4 is 11.3 Å². The van der Waals surface area contributed by atoms with Crippen LogP contribution in [-0.4, -0.2) is 16.5 Å². The maximum Gasteiger partial charge on any atom is 0.151 e. The van der Waals surface area contributed by atoms with Crippen molar-refractivity contribution < 1.29 is 4.39 Å². The Morgan fingerprint density at radius 3 is 2.94 bits per heavy atom. The Morgan fingerprint density at radius 1 is 1.39 bits per heavy atom. The highest BCUT2D eigenvalue weighted by molar-refractivity contribution is 7.14. The first kappa shape index (κ1) is 13.1. The number of hydrogen-bond donors (Lipinski definition) is 1. The second-order valence-electron chi connectivity index (χ2n) is 4.49. The van der Waals surface area contributed by atoms with Crippen molar-refractivity contribution in [1.82, 2.24) is 15.3 Å². The molecule has 0 aliphatic carbocycles. The minimum atomic E-state index is -0.325. The van der Waals surface area contributed by atoms with Crippen molar-refractivity contribution in [2.24, 2.45) is 5.92 Å². The monoisotopic (exact) mass is 265 g/mol. The van der Waals surface area contributed by atoms with E-state index in [2.05, 4.69) is 29.1 Å². The summed E-state index contributed by atoms with van der Waals surface area (Å²) in [5.41, 5.74) is 0.331. The van der Waals surface area contributed by atoms with Gasteiger partial charge in [-0.05, 0) is 24.6 Å². The third-order valence-electron chi connectivity index (χ3n) is 2.37. The Morgan fingerprint density at radius 2 is 2.22 bits per heavy atom. The van der Waals surface area contributed by atoms with Crippen molar-refractivity contribution in [1.29, 1.82) is 0 Å². The molecule has 0 bridgehead atoms. The number of nitrogens with zero attached hydrogens (tertiary/aromatic N) is 2. The SMILES string of the molecule is CC(C)CNCc1cnc(-c2ncccc2F)s1. The molecular weight excluding hydrogens is 249 g/mol. The topological polar surface area (TPSA) is 37.8 Å². The van der Waals surface area contributed by atoms with E-state index >= 15 is 0 Å². The molecule has 0 saturated carbocycles. The minimum absolute atomic E-state index is 0.325. The standard InChI is InChI=1S/C13H16FN3S/c1-9(2)6-15-7-10-8-17-13(18-10)12-11(14)4-3-5-16-12/h3-5,8-9,15H,6-7H2,1-2H3. The summed E-state index contributed by atoms with van der Waals surface area (Å²) in [5, 5.41) is 3.97. The van der Waals surface area contributed by atoms with E-state index in [1.807, 2.05) is 0 Å². The van der Waals surface area contributed by atoms with Crippen LogP contribution in [0.2, 0.25) is 0 Å². The molecule has 18 heavy (non-hydrogen) atoms. The molecule has 1 N–H and O–H groups in total. The van der Waals surface area contributed by atoms with Crippen LogP contribution in [0.1, 0.15) is 18.7 Å². The molecule has 0 aromatic carbocycles. The lowest BCUT2D eigenvalue weighted by atomic mass is 10.2. The molecule has 3 nitrogen and oxygen atoms in total. The van der Waals surface area contributed by atoms with Gasteiger partial charge in [0.2, 0.25) is 0 Å². The average Bonchev–Trinajstić information content (AvgIpc) is 2.78. The molecular formula is C13H16FN3S. The van der Waals surface area contributed by atoms with Crippen molar-refractivity contribution in [2.75, 3.05) is 6.54 Å². The average molecular weight is 265 g/mol. The molecule has 96 valence electrons. The number of thiazole rings is 1. The van der Waals surface area contributed by atoms with Gasteiger partial charge in [0.25, 0.3) is 0 Å². The predicted molar refractivity (Wildman–Crippen MR) is 71.8 cm³/mol. The van der Waals surface area contributed by atoms with E-state index in [0.717, 1.165) is 18.0 Å². The maximum absolute atomic E-state index is 13.5. The van der Waals surface area contributed by atoms with Gasteiger partial charge in [0.15, 0.2) is 5.82 Å². The first-order valence-corrected chi connectivity index (χ1v) is 6.74. The molecule has 0 radical (unpaired) electrons. The van der Waals surface area contributed by atoms with E-state index in [9.17, 15) is 4.39 Å². The third kappa shape index (κ3) is 3.34. The summed E-state index contributed by atoms with van der Waals surface area (Å²) < 4.78 is 13.5. The van der Waals surface area contributed by atoms with Crippen LogP contribution in [0.15, 0.2) is 24.5 Å². The molecule has 2 rings (SSSR count). The molecule has 0 spiro atoms. The summed E-state index contributed by atoms with van der Waals surface area (Å²) >= 11 is 1.48. The summed E-state index contributed by atoms with van der Waals surface area (Å²) in [6.07, 6.45) is 3.36. The molecule has 0 atom stereocenters. The molecule has 5 heteroatoms. The van der Waals surface area contributed by atoms with Crippen molar-refractivity contribution in [3.05, 3.63) is 35.2 Å². The second-order valence-corrected chi connectivity index (χ2v) is 5.61. The molecule has 0 aliphatic rings. The van der Waals surface area contributed by atoms with Gasteiger partial charge in [0.05, 0.1) is 0 Å². The molecule has 0 aliphatic heterocycles. The van der Waals surface area contributed by atoms with E-state index in [4.69, 9.17) is 0 Å². The van der Waals surface area contributed by atoms with Gasteiger partial charge >= 0.3 is 0 Å². The first-order chi connectivity index (χ1) is 8.66. The molecule has 2 aromatic heterocycles. The predicted octanol–water partition coefficient (Wildman–Crippen LogP) is 3.09. The second kappa shape index (κ2) is 6.02. The Bertz CT molecular complexity index is 510. The van der Waals surface area contributed by atoms with Gasteiger partial charge in [0.1, 0.15) is 10.7 Å². The fourth-order valence-corrected chi connectivity index (χ4v) is 2.41. The van der Waals surface area contributed by atoms with Crippen LogP contribution in [0.5, 0.6) is 0 Å². The number of rotatable bonds is 5. The minimum Gasteiger partial charge on any atom is -0.312 e. The molecule has 0 fully saturated rings. The first-order valence-electron chi connectivity index (χ1n) is 5.93. The zero-order valence-electron chi connectivity index (χ0n) is 10.5. The smallest absolute Gasteiger partial charge is 0.151 e. The van der Waals surface area contributed by atoms with Gasteiger partial charge in [-0.15, -0.1) is 11.3 Å². The zero-order chi connectivity index (χ0) is 13.0. The van der Waals surface area contributed by atoms with Crippen LogP contribution in [0.3, 0.4) is 0 Å². The van der Waals surface area contributed by atoms with E-state index in [1.165, 1.54) is 17.4 Å². The van der Waals surface area contributed by atoms with Gasteiger partial charge in [-0.25, -0.2) is 9.37 Å². The highest BCUT2D eigenvalue weighted by Gasteiger charge is 2.10. The molecule has 0 saturated heterocycles. The van der Waals surface area contributed by atoms with Gasteiger partial charge in [-0.3, -0.25) is 4.98 Å². The van der Waals surface area contributed by atoms with Crippen LogP contribution in [-0.2, 0) is 6.54 Å². The van der Waals surface area contributed by atoms with E-state index in [1.54, 1.807) is 18.5 Å².